The molecule has 1 saturated carbocycles. The Hall–Kier alpha value is -3.71. The summed E-state index contributed by atoms with van der Waals surface area (Å²) in [5.74, 6) is -0.798. The van der Waals surface area contributed by atoms with Crippen molar-refractivity contribution in [2.75, 3.05) is 23.9 Å². The van der Waals surface area contributed by atoms with Gasteiger partial charge in [0, 0.05) is 30.6 Å². The first-order valence-corrected chi connectivity index (χ1v) is 14.5. The van der Waals surface area contributed by atoms with E-state index < -0.39 is 11.7 Å². The normalized spacial score (nSPS) is 17.3. The highest BCUT2D eigenvalue weighted by Crippen LogP contribution is 2.46. The van der Waals surface area contributed by atoms with Crippen LogP contribution in [0.15, 0.2) is 60.7 Å². The number of anilines is 2. The van der Waals surface area contributed by atoms with Crippen molar-refractivity contribution in [2.24, 2.45) is 5.41 Å². The predicted molar refractivity (Wildman–Crippen MR) is 163 cm³/mol. The number of nitrogens with one attached hydrogen (secondary N) is 1. The van der Waals surface area contributed by atoms with E-state index in [0.717, 1.165) is 36.6 Å². The van der Waals surface area contributed by atoms with E-state index in [2.05, 4.69) is 5.32 Å². The van der Waals surface area contributed by atoms with Gasteiger partial charge in [0.1, 0.15) is 17.3 Å². The predicted octanol–water partition coefficient (Wildman–Crippen LogP) is 8.12. The second kappa shape index (κ2) is 14.3. The molecule has 3 aromatic rings. The van der Waals surface area contributed by atoms with E-state index in [4.69, 9.17) is 16.3 Å². The Bertz CT molecular complexity index is 1410. The number of fused-ring (bicyclic) bond motifs is 1. The van der Waals surface area contributed by atoms with Gasteiger partial charge < -0.3 is 15.0 Å². The molecule has 2 amide bonds. The lowest BCUT2D eigenvalue weighted by Gasteiger charge is -2.27. The SMILES string of the molecule is CC.CC.COc1cc(C(=O)N2CC[C@@]3(CCC(=O)C3)Cc3ccccc32)ccc1NC(=O)c1cc(F)ccc1Cl. The number of para-hydroxylation sites is 1. The summed E-state index contributed by atoms with van der Waals surface area (Å²) in [4.78, 5) is 40.4. The third-order valence-corrected chi connectivity index (χ3v) is 7.66. The number of hydrogen-bond acceptors (Lipinski definition) is 4. The number of nitrogens with zero attached hydrogens (tertiary/aromatic N) is 1. The van der Waals surface area contributed by atoms with E-state index in [-0.39, 0.29) is 27.7 Å². The third kappa shape index (κ3) is 7.14. The van der Waals surface area contributed by atoms with Crippen LogP contribution in [0.3, 0.4) is 0 Å². The summed E-state index contributed by atoms with van der Waals surface area (Å²) in [6, 6.07) is 16.2. The van der Waals surface area contributed by atoms with Gasteiger partial charge in [-0.3, -0.25) is 14.4 Å². The van der Waals surface area contributed by atoms with Crippen molar-refractivity contribution >= 4 is 40.6 Å². The highest BCUT2D eigenvalue weighted by atomic mass is 35.5. The number of amides is 2. The summed E-state index contributed by atoms with van der Waals surface area (Å²) in [7, 11) is 1.44. The number of hydrogen-bond donors (Lipinski definition) is 1. The molecule has 0 unspecified atom stereocenters. The quantitative estimate of drug-likeness (QED) is 0.338. The van der Waals surface area contributed by atoms with Crippen LogP contribution in [-0.2, 0) is 11.2 Å². The fourth-order valence-corrected chi connectivity index (χ4v) is 5.61. The van der Waals surface area contributed by atoms with Crippen molar-refractivity contribution < 1.29 is 23.5 Å². The van der Waals surface area contributed by atoms with Gasteiger partial charge in [0.2, 0.25) is 0 Å². The van der Waals surface area contributed by atoms with Gasteiger partial charge in [0.15, 0.2) is 0 Å². The highest BCUT2D eigenvalue weighted by molar-refractivity contribution is 6.34. The number of Topliss-reactive ketones (excluding diaryl/α,β-unsaturated/α-hetero) is 1. The van der Waals surface area contributed by atoms with Gasteiger partial charge in [-0.2, -0.15) is 0 Å². The van der Waals surface area contributed by atoms with Crippen molar-refractivity contribution in [3.63, 3.8) is 0 Å². The molecule has 0 radical (unpaired) electrons. The number of methoxy groups -OCH3 is 1. The van der Waals surface area contributed by atoms with E-state index in [1.54, 1.807) is 23.1 Å². The molecule has 0 saturated heterocycles. The molecule has 3 aromatic carbocycles. The molecule has 1 atom stereocenters. The van der Waals surface area contributed by atoms with Crippen LogP contribution in [0, 0.1) is 11.2 Å². The second-order valence-electron chi connectivity index (χ2n) is 9.72. The van der Waals surface area contributed by atoms with Crippen molar-refractivity contribution in [3.05, 3.63) is 88.2 Å². The Kier molecular flexibility index (Phi) is 11.1. The molecule has 1 fully saturated rings. The molecule has 218 valence electrons. The second-order valence-corrected chi connectivity index (χ2v) is 10.1. The van der Waals surface area contributed by atoms with Gasteiger partial charge >= 0.3 is 0 Å². The minimum Gasteiger partial charge on any atom is -0.495 e. The topological polar surface area (TPSA) is 75.7 Å². The van der Waals surface area contributed by atoms with Crippen LogP contribution in [0.5, 0.6) is 5.75 Å². The molecule has 1 N–H and O–H groups in total. The maximum atomic E-state index is 13.7. The molecule has 1 aliphatic carbocycles. The summed E-state index contributed by atoms with van der Waals surface area (Å²) >= 11 is 6.06. The Balaban J connectivity index is 0.00000111. The standard InChI is InChI=1S/C29H26ClFN2O4.2C2H6/c1-37-26-14-18(6-9-24(26)32-27(35)22-15-20(31)7-8-23(22)30)28(36)33-13-12-29(11-10-21(34)17-29)16-19-4-2-3-5-25(19)33;2*1-2/h2-9,14-15H,10-13,16-17H2,1H3,(H,32,35);2*1-2H3/t29-;;/m0../s1. The number of ether oxygens (including phenoxy) is 1. The van der Waals surface area contributed by atoms with Crippen LogP contribution in [0.1, 0.15) is 79.7 Å². The van der Waals surface area contributed by atoms with E-state index in [1.807, 2.05) is 52.0 Å². The summed E-state index contributed by atoms with van der Waals surface area (Å²) in [5, 5.41) is 2.80. The Morgan fingerprint density at radius 3 is 2.39 bits per heavy atom. The lowest BCUT2D eigenvalue weighted by atomic mass is 9.78. The lowest BCUT2D eigenvalue weighted by molar-refractivity contribution is -0.118. The minimum absolute atomic E-state index is 0.00984. The maximum Gasteiger partial charge on any atom is 0.258 e. The highest BCUT2D eigenvalue weighted by Gasteiger charge is 2.41. The van der Waals surface area contributed by atoms with Crippen molar-refractivity contribution in [3.8, 4) is 5.75 Å². The average molecular weight is 581 g/mol. The zero-order chi connectivity index (χ0) is 30.2. The molecule has 1 spiro atoms. The molecular formula is C33H38ClFN2O4. The van der Waals surface area contributed by atoms with Gasteiger partial charge in [-0.25, -0.2) is 4.39 Å². The summed E-state index contributed by atoms with van der Waals surface area (Å²) < 4.78 is 19.1. The largest absolute Gasteiger partial charge is 0.495 e. The molecule has 0 bridgehead atoms. The van der Waals surface area contributed by atoms with Crippen molar-refractivity contribution in [2.45, 2.75) is 59.8 Å². The Morgan fingerprint density at radius 2 is 1.71 bits per heavy atom. The Morgan fingerprint density at radius 1 is 0.976 bits per heavy atom. The van der Waals surface area contributed by atoms with Crippen LogP contribution in [0.2, 0.25) is 5.02 Å². The first kappa shape index (κ1) is 31.8. The fourth-order valence-electron chi connectivity index (χ4n) is 5.40. The van der Waals surface area contributed by atoms with Gasteiger partial charge in [-0.05, 0) is 72.7 Å². The zero-order valence-corrected chi connectivity index (χ0v) is 25.1. The molecule has 1 heterocycles. The molecule has 8 heteroatoms. The number of rotatable bonds is 4. The molecule has 2 aliphatic rings. The van der Waals surface area contributed by atoms with Crippen LogP contribution in [0.4, 0.5) is 15.8 Å². The van der Waals surface area contributed by atoms with Gasteiger partial charge in [0.05, 0.1) is 23.4 Å². The molecular weight excluding hydrogens is 543 g/mol. The van der Waals surface area contributed by atoms with Gasteiger partial charge in [-0.1, -0.05) is 57.5 Å². The zero-order valence-electron chi connectivity index (χ0n) is 24.4. The monoisotopic (exact) mass is 580 g/mol. The third-order valence-electron chi connectivity index (χ3n) is 7.33. The Labute approximate surface area is 246 Å². The van der Waals surface area contributed by atoms with E-state index in [9.17, 15) is 18.8 Å². The number of carbonyl (C=O) groups is 3. The molecule has 5 rings (SSSR count). The van der Waals surface area contributed by atoms with E-state index in [0.29, 0.717) is 36.4 Å². The first-order valence-electron chi connectivity index (χ1n) is 14.1. The van der Waals surface area contributed by atoms with Crippen molar-refractivity contribution in [1.82, 2.24) is 0 Å². The van der Waals surface area contributed by atoms with Crippen LogP contribution >= 0.6 is 11.6 Å². The van der Waals surface area contributed by atoms with E-state index in [1.165, 1.54) is 19.2 Å². The van der Waals surface area contributed by atoms with Crippen LogP contribution in [-0.4, -0.2) is 31.3 Å². The van der Waals surface area contributed by atoms with Gasteiger partial charge in [0.25, 0.3) is 11.8 Å². The molecule has 6 nitrogen and oxygen atoms in total. The summed E-state index contributed by atoms with van der Waals surface area (Å²) in [6.07, 6.45) is 3.52. The minimum atomic E-state index is -0.597. The van der Waals surface area contributed by atoms with Crippen molar-refractivity contribution in [1.29, 1.82) is 0 Å². The molecule has 1 aliphatic heterocycles. The fraction of sp³-hybridized carbons (Fsp3) is 0.364. The smallest absolute Gasteiger partial charge is 0.258 e. The van der Waals surface area contributed by atoms with E-state index >= 15 is 0 Å². The van der Waals surface area contributed by atoms with Crippen LogP contribution < -0.4 is 15.0 Å². The number of halogens is 2. The van der Waals surface area contributed by atoms with Crippen LogP contribution in [0.25, 0.3) is 0 Å². The maximum absolute atomic E-state index is 13.7. The number of ketones is 1. The molecule has 0 aromatic heterocycles. The van der Waals surface area contributed by atoms with Gasteiger partial charge in [-0.15, -0.1) is 0 Å². The lowest BCUT2D eigenvalue weighted by Crippen LogP contribution is -2.33. The summed E-state index contributed by atoms with van der Waals surface area (Å²) in [6.45, 7) is 8.50. The summed E-state index contributed by atoms with van der Waals surface area (Å²) in [5.41, 5.74) is 2.51. The number of carbonyl (C=O) groups excluding carboxylic acids is 3. The number of benzene rings is 3. The first-order chi connectivity index (χ1) is 19.8. The average Bonchev–Trinajstić information content (AvgIpc) is 3.28. The molecule has 41 heavy (non-hydrogen) atoms.